The zero-order valence-corrected chi connectivity index (χ0v) is 9.72. The van der Waals surface area contributed by atoms with Gasteiger partial charge in [0.25, 0.3) is 0 Å². The van der Waals surface area contributed by atoms with Crippen molar-refractivity contribution < 1.29 is 4.39 Å². The minimum atomic E-state index is -0.149. The number of halogens is 1. The van der Waals surface area contributed by atoms with E-state index in [1.807, 2.05) is 0 Å². The van der Waals surface area contributed by atoms with Crippen molar-refractivity contribution in [2.75, 3.05) is 0 Å². The molecule has 0 bridgehead atoms. The average molecular weight is 207 g/mol. The zero-order valence-electron chi connectivity index (χ0n) is 9.72. The molecule has 1 heteroatoms. The van der Waals surface area contributed by atoms with Crippen LogP contribution in [0.3, 0.4) is 0 Å². The van der Waals surface area contributed by atoms with Crippen LogP contribution in [-0.4, -0.2) is 0 Å². The van der Waals surface area contributed by atoms with E-state index in [2.05, 4.69) is 19.9 Å². The topological polar surface area (TPSA) is 0 Å². The first-order valence-corrected chi connectivity index (χ1v) is 5.91. The van der Waals surface area contributed by atoms with E-state index < -0.39 is 0 Å². The highest BCUT2D eigenvalue weighted by atomic mass is 19.1. The lowest BCUT2D eigenvalue weighted by Gasteiger charge is -2.11. The highest BCUT2D eigenvalue weighted by Gasteiger charge is 2.05. The molecular formula is C14H20F. The van der Waals surface area contributed by atoms with Crippen LogP contribution in [-0.2, 0) is 0 Å². The summed E-state index contributed by atoms with van der Waals surface area (Å²) < 4.78 is 13.0. The van der Waals surface area contributed by atoms with Crippen molar-refractivity contribution in [1.82, 2.24) is 0 Å². The van der Waals surface area contributed by atoms with Crippen molar-refractivity contribution in [3.63, 3.8) is 0 Å². The summed E-state index contributed by atoms with van der Waals surface area (Å²) in [7, 11) is 0. The Morgan fingerprint density at radius 1 is 1.33 bits per heavy atom. The molecule has 0 heterocycles. The molecule has 0 aliphatic rings. The van der Waals surface area contributed by atoms with Crippen molar-refractivity contribution in [3.8, 4) is 0 Å². The Bertz CT molecular complexity index is 280. The van der Waals surface area contributed by atoms with Crippen LogP contribution in [0.25, 0.3) is 0 Å². The molecule has 0 aliphatic carbocycles. The van der Waals surface area contributed by atoms with Crippen molar-refractivity contribution in [2.45, 2.75) is 51.9 Å². The molecular weight excluding hydrogens is 187 g/mol. The summed E-state index contributed by atoms with van der Waals surface area (Å²) in [6.45, 7) is 4.36. The first-order valence-electron chi connectivity index (χ1n) is 5.91. The van der Waals surface area contributed by atoms with Crippen LogP contribution < -0.4 is 0 Å². The smallest absolute Gasteiger partial charge is 0.123 e. The largest absolute Gasteiger partial charge is 0.207 e. The number of unbranched alkanes of at least 4 members (excludes halogenated alkanes) is 3. The molecule has 1 aromatic carbocycles. The van der Waals surface area contributed by atoms with Gasteiger partial charge < -0.3 is 0 Å². The molecule has 1 rings (SSSR count). The van der Waals surface area contributed by atoms with Gasteiger partial charge in [0.1, 0.15) is 5.82 Å². The van der Waals surface area contributed by atoms with Crippen LogP contribution in [0.2, 0.25) is 0 Å². The molecule has 1 unspecified atom stereocenters. The van der Waals surface area contributed by atoms with Crippen LogP contribution >= 0.6 is 0 Å². The molecule has 0 saturated heterocycles. The van der Waals surface area contributed by atoms with Crippen LogP contribution in [0.1, 0.15) is 57.4 Å². The first kappa shape index (κ1) is 12.2. The van der Waals surface area contributed by atoms with Crippen molar-refractivity contribution in [3.05, 3.63) is 35.6 Å². The highest BCUT2D eigenvalue weighted by Crippen LogP contribution is 2.22. The fourth-order valence-corrected chi connectivity index (χ4v) is 1.77. The van der Waals surface area contributed by atoms with E-state index in [0.717, 1.165) is 12.0 Å². The predicted molar refractivity (Wildman–Crippen MR) is 62.4 cm³/mol. The van der Waals surface area contributed by atoms with Crippen LogP contribution in [0.15, 0.2) is 18.2 Å². The molecule has 0 N–H and O–H groups in total. The third-order valence-electron chi connectivity index (χ3n) is 2.81. The number of rotatable bonds is 6. The molecule has 0 nitrogen and oxygen atoms in total. The van der Waals surface area contributed by atoms with Gasteiger partial charge in [0.2, 0.25) is 0 Å². The quantitative estimate of drug-likeness (QED) is 0.593. The van der Waals surface area contributed by atoms with Gasteiger partial charge >= 0.3 is 0 Å². The van der Waals surface area contributed by atoms with E-state index in [0.29, 0.717) is 5.92 Å². The van der Waals surface area contributed by atoms with Crippen LogP contribution in [0.4, 0.5) is 4.39 Å². The van der Waals surface area contributed by atoms with E-state index in [9.17, 15) is 4.39 Å². The summed E-state index contributed by atoms with van der Waals surface area (Å²) in [5.74, 6) is 0.279. The van der Waals surface area contributed by atoms with Crippen LogP contribution in [0.5, 0.6) is 0 Å². The third-order valence-corrected chi connectivity index (χ3v) is 2.81. The van der Waals surface area contributed by atoms with Gasteiger partial charge in [0, 0.05) is 0 Å². The van der Waals surface area contributed by atoms with Gasteiger partial charge in [0.15, 0.2) is 0 Å². The summed E-state index contributed by atoms with van der Waals surface area (Å²) in [6.07, 6.45) is 6.23. The molecule has 0 aliphatic heterocycles. The normalized spacial score (nSPS) is 12.7. The van der Waals surface area contributed by atoms with Gasteiger partial charge in [0.05, 0.1) is 0 Å². The lowest BCUT2D eigenvalue weighted by atomic mass is 9.95. The van der Waals surface area contributed by atoms with E-state index in [1.54, 1.807) is 12.1 Å². The molecule has 0 saturated carbocycles. The highest BCUT2D eigenvalue weighted by molar-refractivity contribution is 5.18. The fraction of sp³-hybridized carbons (Fsp3) is 0.571. The van der Waals surface area contributed by atoms with Crippen LogP contribution in [0, 0.1) is 11.9 Å². The predicted octanol–water partition coefficient (Wildman–Crippen LogP) is 4.70. The summed E-state index contributed by atoms with van der Waals surface area (Å²) in [5.41, 5.74) is 1.01. The Labute approximate surface area is 92.5 Å². The number of hydrogen-bond donors (Lipinski definition) is 0. The molecule has 15 heavy (non-hydrogen) atoms. The van der Waals surface area contributed by atoms with Gasteiger partial charge in [-0.15, -0.1) is 0 Å². The maximum absolute atomic E-state index is 13.0. The van der Waals surface area contributed by atoms with Gasteiger partial charge in [-0.25, -0.2) is 4.39 Å². The third kappa shape index (κ3) is 4.46. The Balaban J connectivity index is 2.36. The van der Waals surface area contributed by atoms with E-state index in [1.165, 1.54) is 31.7 Å². The maximum atomic E-state index is 13.0. The minimum absolute atomic E-state index is 0.149. The molecule has 1 atom stereocenters. The molecule has 0 aromatic heterocycles. The second-order valence-electron chi connectivity index (χ2n) is 4.21. The van der Waals surface area contributed by atoms with E-state index in [-0.39, 0.29) is 5.82 Å². The summed E-state index contributed by atoms with van der Waals surface area (Å²) in [5, 5.41) is 0. The Morgan fingerprint density at radius 2 is 2.13 bits per heavy atom. The molecule has 83 valence electrons. The number of benzene rings is 1. The van der Waals surface area contributed by atoms with Crippen molar-refractivity contribution >= 4 is 0 Å². The minimum Gasteiger partial charge on any atom is -0.207 e. The lowest BCUT2D eigenvalue weighted by molar-refractivity contribution is 0.573. The second kappa shape index (κ2) is 6.60. The summed E-state index contributed by atoms with van der Waals surface area (Å²) in [6, 6.07) is 7.84. The molecule has 1 aromatic rings. The SMILES string of the molecule is CCCCCCC(C)c1[c]ccc(F)c1. The summed E-state index contributed by atoms with van der Waals surface area (Å²) >= 11 is 0. The zero-order chi connectivity index (χ0) is 11.1. The van der Waals surface area contributed by atoms with E-state index in [4.69, 9.17) is 0 Å². The maximum Gasteiger partial charge on any atom is 0.123 e. The first-order chi connectivity index (χ1) is 7.24. The molecule has 0 spiro atoms. The Morgan fingerprint density at radius 3 is 2.80 bits per heavy atom. The second-order valence-corrected chi connectivity index (χ2v) is 4.21. The van der Waals surface area contributed by atoms with Gasteiger partial charge in [-0.1, -0.05) is 45.6 Å². The van der Waals surface area contributed by atoms with E-state index >= 15 is 0 Å². The standard InChI is InChI=1S/C14H20F/c1-3-4-5-6-8-12(2)13-9-7-10-14(15)11-13/h7,10-12H,3-6,8H2,1-2H3. The summed E-state index contributed by atoms with van der Waals surface area (Å²) in [4.78, 5) is 0. The Kier molecular flexibility index (Phi) is 5.38. The Hall–Kier alpha value is -0.850. The average Bonchev–Trinajstić information content (AvgIpc) is 2.24. The van der Waals surface area contributed by atoms with Crippen molar-refractivity contribution in [2.24, 2.45) is 0 Å². The molecule has 1 radical (unpaired) electrons. The van der Waals surface area contributed by atoms with Gasteiger partial charge in [-0.05, 0) is 36.1 Å². The van der Waals surface area contributed by atoms with Crippen molar-refractivity contribution in [1.29, 1.82) is 0 Å². The van der Waals surface area contributed by atoms with Gasteiger partial charge in [-0.3, -0.25) is 0 Å². The molecule has 0 amide bonds. The molecule has 0 fully saturated rings. The number of hydrogen-bond acceptors (Lipinski definition) is 0. The lowest BCUT2D eigenvalue weighted by Crippen LogP contribution is -1.94. The fourth-order valence-electron chi connectivity index (χ4n) is 1.77. The van der Waals surface area contributed by atoms with Gasteiger partial charge in [-0.2, -0.15) is 0 Å². The monoisotopic (exact) mass is 207 g/mol.